The van der Waals surface area contributed by atoms with Crippen molar-refractivity contribution in [3.8, 4) is 5.75 Å². The molecule has 1 aliphatic heterocycles. The summed E-state index contributed by atoms with van der Waals surface area (Å²) in [5.74, 6) is 3.13. The molecule has 7 heteroatoms. The van der Waals surface area contributed by atoms with Crippen LogP contribution in [0, 0.1) is 12.3 Å². The van der Waals surface area contributed by atoms with Crippen LogP contribution in [0.3, 0.4) is 0 Å². The number of nitrogens with two attached hydrogens (primary N) is 1. The first-order chi connectivity index (χ1) is 13.6. The topological polar surface area (TPSA) is 100 Å². The molecule has 0 radical (unpaired) electrons. The van der Waals surface area contributed by atoms with Gasteiger partial charge in [0.1, 0.15) is 23.2 Å². The van der Waals surface area contributed by atoms with Gasteiger partial charge in [0, 0.05) is 42.3 Å². The summed E-state index contributed by atoms with van der Waals surface area (Å²) >= 11 is 0. The molecule has 1 aromatic heterocycles. The zero-order chi connectivity index (χ0) is 19.7. The Morgan fingerprint density at radius 1 is 1.11 bits per heavy atom. The molecule has 28 heavy (non-hydrogen) atoms. The number of methoxy groups -OCH3 is 1. The summed E-state index contributed by atoms with van der Waals surface area (Å²) in [5, 5.41) is 10.8. The van der Waals surface area contributed by atoms with Crippen molar-refractivity contribution in [2.24, 2.45) is 0 Å². The van der Waals surface area contributed by atoms with E-state index in [1.54, 1.807) is 13.2 Å². The normalized spacial score (nSPS) is 12.6. The summed E-state index contributed by atoms with van der Waals surface area (Å²) in [5.41, 5.74) is 10.5. The van der Waals surface area contributed by atoms with E-state index in [1.165, 1.54) is 17.3 Å². The molecule has 142 valence electrons. The Kier molecular flexibility index (Phi) is 4.57. The van der Waals surface area contributed by atoms with Crippen LogP contribution in [0.15, 0.2) is 42.5 Å². The lowest BCUT2D eigenvalue weighted by atomic mass is 10.1. The summed E-state index contributed by atoms with van der Waals surface area (Å²) in [6.45, 7) is 3.46. The molecule has 0 unspecified atom stereocenters. The van der Waals surface area contributed by atoms with Crippen molar-refractivity contribution in [3.63, 3.8) is 0 Å². The smallest absolute Gasteiger partial charge is 0.136 e. The maximum Gasteiger partial charge on any atom is 0.136 e. The number of fused-ring (bicyclic) bond motifs is 1. The molecule has 4 rings (SSSR count). The maximum atomic E-state index is 7.46. The molecule has 0 spiro atoms. The van der Waals surface area contributed by atoms with Crippen LogP contribution in [-0.4, -0.2) is 23.3 Å². The molecule has 4 N–H and O–H groups in total. The molecule has 0 amide bonds. The molecule has 0 fully saturated rings. The van der Waals surface area contributed by atoms with E-state index in [2.05, 4.69) is 32.3 Å². The van der Waals surface area contributed by atoms with Crippen molar-refractivity contribution in [1.29, 1.82) is 5.41 Å². The highest BCUT2D eigenvalue weighted by Crippen LogP contribution is 2.31. The minimum absolute atomic E-state index is 0.574. The number of nitrogens with zero attached hydrogens (tertiary/aromatic N) is 3. The third-order valence-corrected chi connectivity index (χ3v) is 4.80. The van der Waals surface area contributed by atoms with Crippen LogP contribution in [0.25, 0.3) is 0 Å². The first-order valence-corrected chi connectivity index (χ1v) is 8.99. The summed E-state index contributed by atoms with van der Waals surface area (Å²) in [4.78, 5) is 11.3. The predicted octanol–water partition coefficient (Wildman–Crippen LogP) is 3.64. The second-order valence-corrected chi connectivity index (χ2v) is 6.76. The van der Waals surface area contributed by atoms with E-state index >= 15 is 0 Å². The molecule has 0 bridgehead atoms. The minimum Gasteiger partial charge on any atom is -0.497 e. The number of aromatic nitrogens is 2. The van der Waals surface area contributed by atoms with E-state index in [0.717, 1.165) is 30.3 Å². The monoisotopic (exact) mass is 374 g/mol. The SMILES string of the molecule is COc1ccc2c(c1)CN(c1cc(Nc3ccc(N)c(C=N)c3)nc(C)n1)C2. The molecular formula is C21H22N6O. The standard InChI is InChI=1S/C21H22N6O/c1-13-24-20(26-17-4-6-19(23)15(7-17)10-22)9-21(25-13)27-11-14-3-5-18(28-2)8-16(14)12-27/h3-10,22H,11-12,23H2,1-2H3,(H,24,25,26). The Bertz CT molecular complexity index is 1050. The van der Waals surface area contributed by atoms with Crippen molar-refractivity contribution in [2.75, 3.05) is 23.1 Å². The second-order valence-electron chi connectivity index (χ2n) is 6.76. The predicted molar refractivity (Wildman–Crippen MR) is 112 cm³/mol. The van der Waals surface area contributed by atoms with E-state index in [0.29, 0.717) is 22.9 Å². The average molecular weight is 374 g/mol. The lowest BCUT2D eigenvalue weighted by molar-refractivity contribution is 0.414. The van der Waals surface area contributed by atoms with Gasteiger partial charge in [0.25, 0.3) is 0 Å². The number of hydrogen-bond acceptors (Lipinski definition) is 7. The molecule has 1 aliphatic rings. The number of hydrogen-bond donors (Lipinski definition) is 3. The fourth-order valence-electron chi connectivity index (χ4n) is 3.36. The fourth-order valence-corrected chi connectivity index (χ4v) is 3.36. The number of rotatable bonds is 5. The van der Waals surface area contributed by atoms with Gasteiger partial charge >= 0.3 is 0 Å². The zero-order valence-corrected chi connectivity index (χ0v) is 15.9. The highest BCUT2D eigenvalue weighted by atomic mass is 16.5. The summed E-state index contributed by atoms with van der Waals surface area (Å²) in [7, 11) is 1.68. The molecule has 0 atom stereocenters. The van der Waals surface area contributed by atoms with Crippen LogP contribution in [0.5, 0.6) is 5.75 Å². The van der Waals surface area contributed by atoms with Gasteiger partial charge < -0.3 is 26.1 Å². The third kappa shape index (κ3) is 3.46. The van der Waals surface area contributed by atoms with E-state index in [1.807, 2.05) is 31.2 Å². The first-order valence-electron chi connectivity index (χ1n) is 8.99. The Hall–Kier alpha value is -3.61. The van der Waals surface area contributed by atoms with E-state index in [-0.39, 0.29) is 0 Å². The van der Waals surface area contributed by atoms with Crippen molar-refractivity contribution < 1.29 is 4.74 Å². The number of anilines is 4. The number of aryl methyl sites for hydroxylation is 1. The lowest BCUT2D eigenvalue weighted by Gasteiger charge is -2.18. The quantitative estimate of drug-likeness (QED) is 0.466. The van der Waals surface area contributed by atoms with E-state index in [9.17, 15) is 0 Å². The average Bonchev–Trinajstić information content (AvgIpc) is 3.12. The van der Waals surface area contributed by atoms with E-state index < -0.39 is 0 Å². The molecule has 0 aliphatic carbocycles. The van der Waals surface area contributed by atoms with Gasteiger partial charge in [-0.1, -0.05) is 6.07 Å². The summed E-state index contributed by atoms with van der Waals surface area (Å²) < 4.78 is 5.33. The molecule has 3 aromatic rings. The number of nitrogens with one attached hydrogen (secondary N) is 2. The fraction of sp³-hybridized carbons (Fsp3) is 0.190. The summed E-state index contributed by atoms with van der Waals surface area (Å²) in [6, 6.07) is 13.6. The van der Waals surface area contributed by atoms with Crippen molar-refractivity contribution >= 4 is 29.2 Å². The zero-order valence-electron chi connectivity index (χ0n) is 15.9. The van der Waals surface area contributed by atoms with Crippen LogP contribution in [0.1, 0.15) is 22.5 Å². The van der Waals surface area contributed by atoms with Crippen LogP contribution in [0.2, 0.25) is 0 Å². The second kappa shape index (κ2) is 7.19. The minimum atomic E-state index is 0.574. The van der Waals surface area contributed by atoms with Gasteiger partial charge in [-0.15, -0.1) is 0 Å². The van der Waals surface area contributed by atoms with E-state index in [4.69, 9.17) is 15.9 Å². The third-order valence-electron chi connectivity index (χ3n) is 4.80. The van der Waals surface area contributed by atoms with Crippen LogP contribution >= 0.6 is 0 Å². The molecule has 0 saturated carbocycles. The van der Waals surface area contributed by atoms with Gasteiger partial charge in [0.2, 0.25) is 0 Å². The van der Waals surface area contributed by atoms with Crippen molar-refractivity contribution in [3.05, 3.63) is 65.0 Å². The van der Waals surface area contributed by atoms with Crippen molar-refractivity contribution in [2.45, 2.75) is 20.0 Å². The number of benzene rings is 2. The molecular weight excluding hydrogens is 352 g/mol. The van der Waals surface area contributed by atoms with Crippen LogP contribution in [-0.2, 0) is 13.1 Å². The van der Waals surface area contributed by atoms with Crippen LogP contribution in [0.4, 0.5) is 23.0 Å². The van der Waals surface area contributed by atoms with Crippen LogP contribution < -0.4 is 20.7 Å². The van der Waals surface area contributed by atoms with Gasteiger partial charge in [-0.25, -0.2) is 9.97 Å². The largest absolute Gasteiger partial charge is 0.497 e. The molecule has 2 aromatic carbocycles. The maximum absolute atomic E-state index is 7.46. The highest BCUT2D eigenvalue weighted by molar-refractivity contribution is 5.87. The number of nitrogen functional groups attached to an aromatic ring is 1. The van der Waals surface area contributed by atoms with Crippen molar-refractivity contribution in [1.82, 2.24) is 9.97 Å². The Morgan fingerprint density at radius 2 is 1.93 bits per heavy atom. The molecule has 0 saturated heterocycles. The Labute approximate surface area is 163 Å². The Balaban J connectivity index is 1.59. The highest BCUT2D eigenvalue weighted by Gasteiger charge is 2.21. The number of ether oxygens (including phenoxy) is 1. The van der Waals surface area contributed by atoms with Gasteiger partial charge in [-0.2, -0.15) is 0 Å². The van der Waals surface area contributed by atoms with Gasteiger partial charge in [0.15, 0.2) is 0 Å². The first kappa shape index (κ1) is 17.8. The van der Waals surface area contributed by atoms with Gasteiger partial charge in [-0.05, 0) is 48.4 Å². The van der Waals surface area contributed by atoms with Gasteiger partial charge in [-0.3, -0.25) is 0 Å². The molecule has 2 heterocycles. The molecule has 7 nitrogen and oxygen atoms in total. The lowest BCUT2D eigenvalue weighted by Crippen LogP contribution is -2.17. The van der Waals surface area contributed by atoms with Gasteiger partial charge in [0.05, 0.1) is 7.11 Å². The summed E-state index contributed by atoms with van der Waals surface area (Å²) in [6.07, 6.45) is 1.24. The Morgan fingerprint density at radius 3 is 2.71 bits per heavy atom.